The summed E-state index contributed by atoms with van der Waals surface area (Å²) in [5.74, 6) is -0.675. The zero-order valence-corrected chi connectivity index (χ0v) is 14.4. The van der Waals surface area contributed by atoms with Crippen molar-refractivity contribution in [2.24, 2.45) is 0 Å². The Morgan fingerprint density at radius 3 is 2.58 bits per heavy atom. The number of fused-ring (bicyclic) bond motifs is 2. The molecule has 0 atom stereocenters. The second kappa shape index (κ2) is 6.52. The average molecular weight is 346 g/mol. The molecule has 4 rings (SSSR count). The first-order chi connectivity index (χ1) is 12.7. The zero-order valence-electron chi connectivity index (χ0n) is 14.4. The molecular weight excluding hydrogens is 328 g/mol. The number of anilines is 1. The molecule has 0 radical (unpaired) electrons. The Kier molecular flexibility index (Phi) is 4.05. The third-order valence-electron chi connectivity index (χ3n) is 4.54. The summed E-state index contributed by atoms with van der Waals surface area (Å²) >= 11 is 0. The predicted molar refractivity (Wildman–Crippen MR) is 102 cm³/mol. The van der Waals surface area contributed by atoms with Crippen LogP contribution >= 0.6 is 0 Å². The zero-order chi connectivity index (χ0) is 18.1. The van der Waals surface area contributed by atoms with Crippen LogP contribution in [0.1, 0.15) is 6.92 Å². The molecule has 1 heterocycles. The topological polar surface area (TPSA) is 55.5 Å². The van der Waals surface area contributed by atoms with Gasteiger partial charge in [-0.3, -0.25) is 9.36 Å². The lowest BCUT2D eigenvalue weighted by Crippen LogP contribution is -2.35. The van der Waals surface area contributed by atoms with Gasteiger partial charge in [0, 0.05) is 11.9 Å². The van der Waals surface area contributed by atoms with Gasteiger partial charge in [-0.15, -0.1) is 0 Å². The number of amides is 1. The Morgan fingerprint density at radius 2 is 1.73 bits per heavy atom. The largest absolute Gasteiger partial charge is 0.420 e. The third-order valence-corrected chi connectivity index (χ3v) is 4.54. The number of carbonyl (C=O) groups is 1. The second-order valence-electron chi connectivity index (χ2n) is 6.06. The summed E-state index contributed by atoms with van der Waals surface area (Å²) in [6.07, 6.45) is 0. The van der Waals surface area contributed by atoms with E-state index in [-0.39, 0.29) is 12.5 Å². The molecule has 130 valence electrons. The fourth-order valence-corrected chi connectivity index (χ4v) is 3.31. The number of hydrogen-bond donors (Lipinski definition) is 0. The molecule has 0 unspecified atom stereocenters. The Labute approximate surface area is 150 Å². The van der Waals surface area contributed by atoms with Crippen LogP contribution in [-0.2, 0) is 11.3 Å². The third kappa shape index (κ3) is 2.67. The smallest absolute Gasteiger partial charge is 0.408 e. The van der Waals surface area contributed by atoms with Gasteiger partial charge in [-0.25, -0.2) is 4.79 Å². The minimum Gasteiger partial charge on any atom is -0.408 e. The minimum absolute atomic E-state index is 0.0626. The molecule has 0 bridgehead atoms. The van der Waals surface area contributed by atoms with Crippen LogP contribution in [0.3, 0.4) is 0 Å². The van der Waals surface area contributed by atoms with Crippen LogP contribution in [0, 0.1) is 0 Å². The molecule has 0 aliphatic heterocycles. The van der Waals surface area contributed by atoms with Gasteiger partial charge in [0.1, 0.15) is 6.54 Å². The van der Waals surface area contributed by atoms with Crippen LogP contribution in [0.25, 0.3) is 21.9 Å². The van der Waals surface area contributed by atoms with E-state index in [9.17, 15) is 9.59 Å². The van der Waals surface area contributed by atoms with E-state index in [2.05, 4.69) is 0 Å². The molecule has 0 spiro atoms. The van der Waals surface area contributed by atoms with Crippen molar-refractivity contribution in [1.82, 2.24) is 4.57 Å². The molecular formula is C21H18N2O3. The van der Waals surface area contributed by atoms with Crippen molar-refractivity contribution in [3.63, 3.8) is 0 Å². The van der Waals surface area contributed by atoms with Crippen molar-refractivity contribution in [2.75, 3.05) is 11.4 Å². The fraction of sp³-hybridized carbons (Fsp3) is 0.143. The van der Waals surface area contributed by atoms with E-state index in [4.69, 9.17) is 4.42 Å². The first-order valence-electron chi connectivity index (χ1n) is 8.55. The summed E-state index contributed by atoms with van der Waals surface area (Å²) in [6, 6.07) is 21.0. The summed E-state index contributed by atoms with van der Waals surface area (Å²) in [5, 5.41) is 2.08. The van der Waals surface area contributed by atoms with Crippen molar-refractivity contribution in [1.29, 1.82) is 0 Å². The van der Waals surface area contributed by atoms with Crippen LogP contribution in [-0.4, -0.2) is 17.0 Å². The van der Waals surface area contributed by atoms with Gasteiger partial charge in [-0.1, -0.05) is 48.5 Å². The molecule has 1 amide bonds. The van der Waals surface area contributed by atoms with Crippen molar-refractivity contribution >= 4 is 33.5 Å². The van der Waals surface area contributed by atoms with E-state index in [1.165, 1.54) is 4.57 Å². The van der Waals surface area contributed by atoms with Crippen molar-refractivity contribution in [2.45, 2.75) is 13.5 Å². The Balaban J connectivity index is 1.74. The molecule has 5 nitrogen and oxygen atoms in total. The van der Waals surface area contributed by atoms with Gasteiger partial charge < -0.3 is 9.32 Å². The second-order valence-corrected chi connectivity index (χ2v) is 6.06. The maximum absolute atomic E-state index is 13.0. The normalized spacial score (nSPS) is 11.1. The summed E-state index contributed by atoms with van der Waals surface area (Å²) in [4.78, 5) is 26.9. The Morgan fingerprint density at radius 1 is 1.00 bits per heavy atom. The van der Waals surface area contributed by atoms with Gasteiger partial charge in [0.05, 0.1) is 11.2 Å². The number of nitrogens with zero attached hydrogens (tertiary/aromatic N) is 2. The maximum Gasteiger partial charge on any atom is 0.420 e. The van der Waals surface area contributed by atoms with Gasteiger partial charge in [-0.2, -0.15) is 0 Å². The van der Waals surface area contributed by atoms with E-state index in [0.717, 1.165) is 16.5 Å². The molecule has 0 aliphatic rings. The lowest BCUT2D eigenvalue weighted by molar-refractivity contribution is -0.119. The summed E-state index contributed by atoms with van der Waals surface area (Å²) in [7, 11) is 0. The molecule has 0 N–H and O–H groups in total. The number of aromatic nitrogens is 1. The maximum atomic E-state index is 13.0. The van der Waals surface area contributed by atoms with Crippen molar-refractivity contribution in [3.05, 3.63) is 77.3 Å². The van der Waals surface area contributed by atoms with E-state index in [1.54, 1.807) is 23.1 Å². The molecule has 0 fully saturated rings. The molecule has 26 heavy (non-hydrogen) atoms. The summed E-state index contributed by atoms with van der Waals surface area (Å²) in [6.45, 7) is 2.38. The highest BCUT2D eigenvalue weighted by atomic mass is 16.4. The molecule has 4 aromatic rings. The number of rotatable bonds is 4. The lowest BCUT2D eigenvalue weighted by Gasteiger charge is -2.23. The van der Waals surface area contributed by atoms with Gasteiger partial charge >= 0.3 is 5.76 Å². The van der Waals surface area contributed by atoms with E-state index in [1.807, 2.05) is 55.5 Å². The van der Waals surface area contributed by atoms with Crippen molar-refractivity contribution < 1.29 is 9.21 Å². The number of likely N-dealkylation sites (N-methyl/N-ethyl adjacent to an activating group) is 1. The minimum atomic E-state index is -0.520. The van der Waals surface area contributed by atoms with E-state index < -0.39 is 5.76 Å². The standard InChI is InChI=1S/C21H18N2O3/c1-2-22(17-12-7-9-15-8-3-4-10-16(15)17)20(24)14-23-18-11-5-6-13-19(18)26-21(23)25/h3-13H,2,14H2,1H3. The van der Waals surface area contributed by atoms with Crippen LogP contribution in [0.2, 0.25) is 0 Å². The Bertz CT molecular complexity index is 1150. The monoisotopic (exact) mass is 346 g/mol. The van der Waals surface area contributed by atoms with Crippen LogP contribution < -0.4 is 10.7 Å². The molecule has 0 saturated carbocycles. The number of benzene rings is 3. The average Bonchev–Trinajstić information content (AvgIpc) is 2.98. The SMILES string of the molecule is CCN(C(=O)Cn1c(=O)oc2ccccc21)c1cccc2ccccc12. The number of para-hydroxylation sites is 2. The number of oxazole rings is 1. The van der Waals surface area contributed by atoms with Crippen LogP contribution in [0.4, 0.5) is 5.69 Å². The highest BCUT2D eigenvalue weighted by Gasteiger charge is 2.19. The number of carbonyl (C=O) groups excluding carboxylic acids is 1. The molecule has 1 aromatic heterocycles. The van der Waals surface area contributed by atoms with Gasteiger partial charge in [0.15, 0.2) is 5.58 Å². The van der Waals surface area contributed by atoms with Gasteiger partial charge in [0.25, 0.3) is 0 Å². The van der Waals surface area contributed by atoms with Crippen molar-refractivity contribution in [3.8, 4) is 0 Å². The highest BCUT2D eigenvalue weighted by molar-refractivity contribution is 6.03. The number of hydrogen-bond acceptors (Lipinski definition) is 3. The highest BCUT2D eigenvalue weighted by Crippen LogP contribution is 2.27. The van der Waals surface area contributed by atoms with E-state index >= 15 is 0 Å². The van der Waals surface area contributed by atoms with Crippen LogP contribution in [0.15, 0.2) is 75.9 Å². The molecule has 3 aromatic carbocycles. The summed E-state index contributed by atoms with van der Waals surface area (Å²) in [5.41, 5.74) is 1.95. The first kappa shape index (κ1) is 16.1. The molecule has 5 heteroatoms. The lowest BCUT2D eigenvalue weighted by atomic mass is 10.1. The Hall–Kier alpha value is -3.34. The van der Waals surface area contributed by atoms with Gasteiger partial charge in [0.2, 0.25) is 5.91 Å². The first-order valence-corrected chi connectivity index (χ1v) is 8.55. The van der Waals surface area contributed by atoms with Gasteiger partial charge in [-0.05, 0) is 30.5 Å². The quantitative estimate of drug-likeness (QED) is 0.565. The summed E-state index contributed by atoms with van der Waals surface area (Å²) < 4.78 is 6.61. The molecule has 0 saturated heterocycles. The molecule has 0 aliphatic carbocycles. The van der Waals surface area contributed by atoms with Crippen LogP contribution in [0.5, 0.6) is 0 Å². The predicted octanol–water partition coefficient (Wildman–Crippen LogP) is 3.80. The fourth-order valence-electron chi connectivity index (χ4n) is 3.31. The van der Waals surface area contributed by atoms with E-state index in [0.29, 0.717) is 17.6 Å².